The Morgan fingerprint density at radius 3 is 2.50 bits per heavy atom. The van der Waals surface area contributed by atoms with Crippen LogP contribution in [0, 0.1) is 3.57 Å². The minimum atomic E-state index is -0.0538. The van der Waals surface area contributed by atoms with Crippen molar-refractivity contribution in [2.45, 2.75) is 4.83 Å². The first-order chi connectivity index (χ1) is 9.43. The summed E-state index contributed by atoms with van der Waals surface area (Å²) < 4.78 is 7.30. The molecular formula is C14H9Br2Cl2IO. The molecule has 0 aliphatic rings. The molecule has 2 rings (SSSR count). The van der Waals surface area contributed by atoms with Gasteiger partial charge in [0.15, 0.2) is 0 Å². The van der Waals surface area contributed by atoms with Crippen LogP contribution in [0.15, 0.2) is 34.8 Å². The summed E-state index contributed by atoms with van der Waals surface area (Å²) in [5.74, 6) is 0.756. The van der Waals surface area contributed by atoms with Gasteiger partial charge in [0.25, 0.3) is 0 Å². The van der Waals surface area contributed by atoms with Gasteiger partial charge in [0.1, 0.15) is 5.75 Å². The van der Waals surface area contributed by atoms with E-state index in [1.54, 1.807) is 7.11 Å². The second-order valence-corrected chi connectivity index (χ2v) is 7.82. The van der Waals surface area contributed by atoms with Gasteiger partial charge in [-0.05, 0) is 68.3 Å². The van der Waals surface area contributed by atoms with E-state index in [-0.39, 0.29) is 4.83 Å². The van der Waals surface area contributed by atoms with Gasteiger partial charge in [-0.15, -0.1) is 0 Å². The highest BCUT2D eigenvalue weighted by atomic mass is 127. The van der Waals surface area contributed by atoms with Crippen molar-refractivity contribution in [3.8, 4) is 5.75 Å². The Kier molecular flexibility index (Phi) is 6.06. The summed E-state index contributed by atoms with van der Waals surface area (Å²) in [5.41, 5.74) is 1.99. The molecule has 0 saturated carbocycles. The number of alkyl halides is 1. The summed E-state index contributed by atoms with van der Waals surface area (Å²) in [6, 6.07) is 9.65. The predicted molar refractivity (Wildman–Crippen MR) is 101 cm³/mol. The Bertz CT molecular complexity index is 649. The molecule has 0 N–H and O–H groups in total. The normalized spacial score (nSPS) is 12.3. The van der Waals surface area contributed by atoms with Crippen LogP contribution in [0.4, 0.5) is 0 Å². The van der Waals surface area contributed by atoms with Crippen LogP contribution in [-0.4, -0.2) is 7.11 Å². The molecule has 0 spiro atoms. The fourth-order valence-corrected chi connectivity index (χ4v) is 3.98. The van der Waals surface area contributed by atoms with E-state index in [0.717, 1.165) is 29.9 Å². The van der Waals surface area contributed by atoms with E-state index in [9.17, 15) is 0 Å². The third kappa shape index (κ3) is 3.64. The third-order valence-electron chi connectivity index (χ3n) is 2.75. The lowest BCUT2D eigenvalue weighted by Gasteiger charge is -2.17. The monoisotopic (exact) mass is 548 g/mol. The number of hydrogen-bond acceptors (Lipinski definition) is 1. The average molecular weight is 551 g/mol. The van der Waals surface area contributed by atoms with Crippen LogP contribution in [0.3, 0.4) is 0 Å². The largest absolute Gasteiger partial charge is 0.495 e. The van der Waals surface area contributed by atoms with Crippen LogP contribution < -0.4 is 4.74 Å². The van der Waals surface area contributed by atoms with Crippen LogP contribution in [0.1, 0.15) is 16.0 Å². The lowest BCUT2D eigenvalue weighted by molar-refractivity contribution is 0.408. The second kappa shape index (κ2) is 7.18. The molecular weight excluding hydrogens is 542 g/mol. The van der Waals surface area contributed by atoms with E-state index in [0.29, 0.717) is 5.02 Å². The quantitative estimate of drug-likeness (QED) is 0.300. The van der Waals surface area contributed by atoms with E-state index in [1.807, 2.05) is 30.3 Å². The van der Waals surface area contributed by atoms with E-state index in [1.165, 1.54) is 0 Å². The highest BCUT2D eigenvalue weighted by Gasteiger charge is 2.19. The van der Waals surface area contributed by atoms with Gasteiger partial charge in [-0.3, -0.25) is 0 Å². The highest BCUT2D eigenvalue weighted by Crippen LogP contribution is 2.42. The zero-order chi connectivity index (χ0) is 14.9. The van der Waals surface area contributed by atoms with Crippen LogP contribution in [-0.2, 0) is 0 Å². The number of halogens is 5. The molecule has 0 radical (unpaired) electrons. The topological polar surface area (TPSA) is 9.23 Å². The predicted octanol–water partition coefficient (Wildman–Crippen LogP) is 6.85. The molecule has 1 unspecified atom stereocenters. The third-order valence-corrected chi connectivity index (χ3v) is 6.15. The minimum absolute atomic E-state index is 0.0538. The van der Waals surface area contributed by atoms with Crippen molar-refractivity contribution in [1.82, 2.24) is 0 Å². The number of hydrogen-bond donors (Lipinski definition) is 0. The molecule has 6 heteroatoms. The van der Waals surface area contributed by atoms with Gasteiger partial charge in [-0.1, -0.05) is 45.2 Å². The van der Waals surface area contributed by atoms with E-state index in [2.05, 4.69) is 54.5 Å². The lowest BCUT2D eigenvalue weighted by atomic mass is 10.0. The van der Waals surface area contributed by atoms with Gasteiger partial charge in [0, 0.05) is 14.2 Å². The standard InChI is InChI=1S/C14H9Br2Cl2IO/c1-20-14-9(5-8(17)6-10(14)15)13(16)7-2-3-12(19)11(18)4-7/h2-6,13H,1H3. The van der Waals surface area contributed by atoms with Crippen molar-refractivity contribution in [2.75, 3.05) is 7.11 Å². The Hall–Kier alpha value is 0.510. The molecule has 0 aliphatic heterocycles. The fraction of sp³-hybridized carbons (Fsp3) is 0.143. The van der Waals surface area contributed by atoms with Crippen molar-refractivity contribution >= 4 is 77.7 Å². The number of rotatable bonds is 3. The Morgan fingerprint density at radius 1 is 1.20 bits per heavy atom. The SMILES string of the molecule is COc1c(Br)cc(Cl)cc1C(Br)c1ccc(I)c(Cl)c1. The van der Waals surface area contributed by atoms with Gasteiger partial charge in [-0.25, -0.2) is 0 Å². The van der Waals surface area contributed by atoms with Crippen molar-refractivity contribution in [3.05, 3.63) is 59.5 Å². The first-order valence-corrected chi connectivity index (χ1v) is 9.10. The molecule has 106 valence electrons. The fourth-order valence-electron chi connectivity index (χ4n) is 1.83. The van der Waals surface area contributed by atoms with Crippen LogP contribution >= 0.6 is 77.7 Å². The van der Waals surface area contributed by atoms with Gasteiger partial charge < -0.3 is 4.74 Å². The molecule has 1 nitrogen and oxygen atoms in total. The summed E-state index contributed by atoms with van der Waals surface area (Å²) in [6.07, 6.45) is 0. The Morgan fingerprint density at radius 2 is 1.90 bits per heavy atom. The maximum Gasteiger partial charge on any atom is 0.137 e. The van der Waals surface area contributed by atoms with Crippen molar-refractivity contribution in [2.24, 2.45) is 0 Å². The molecule has 0 heterocycles. The summed E-state index contributed by atoms with van der Waals surface area (Å²) >= 11 is 21.7. The number of benzene rings is 2. The minimum Gasteiger partial charge on any atom is -0.495 e. The average Bonchev–Trinajstić information content (AvgIpc) is 2.40. The van der Waals surface area contributed by atoms with Gasteiger partial charge in [-0.2, -0.15) is 0 Å². The van der Waals surface area contributed by atoms with Crippen LogP contribution in [0.5, 0.6) is 5.75 Å². The Labute approximate surface area is 158 Å². The van der Waals surface area contributed by atoms with Gasteiger partial charge >= 0.3 is 0 Å². The first kappa shape index (κ1) is 16.9. The molecule has 1 atom stereocenters. The Balaban J connectivity index is 2.52. The van der Waals surface area contributed by atoms with E-state index >= 15 is 0 Å². The molecule has 2 aromatic rings. The maximum atomic E-state index is 6.19. The van der Waals surface area contributed by atoms with E-state index in [4.69, 9.17) is 27.9 Å². The number of methoxy groups -OCH3 is 1. The molecule has 20 heavy (non-hydrogen) atoms. The van der Waals surface area contributed by atoms with Crippen molar-refractivity contribution in [1.29, 1.82) is 0 Å². The zero-order valence-corrected chi connectivity index (χ0v) is 17.1. The molecule has 0 aromatic heterocycles. The lowest BCUT2D eigenvalue weighted by Crippen LogP contribution is -1.98. The van der Waals surface area contributed by atoms with Crippen molar-refractivity contribution in [3.63, 3.8) is 0 Å². The van der Waals surface area contributed by atoms with E-state index < -0.39 is 0 Å². The molecule has 2 aromatic carbocycles. The second-order valence-electron chi connectivity index (χ2n) is 4.05. The van der Waals surface area contributed by atoms with Crippen LogP contribution in [0.25, 0.3) is 0 Å². The molecule has 0 amide bonds. The molecule has 0 saturated heterocycles. The summed E-state index contributed by atoms with van der Waals surface area (Å²) in [6.45, 7) is 0. The summed E-state index contributed by atoms with van der Waals surface area (Å²) in [4.78, 5) is -0.0538. The zero-order valence-electron chi connectivity index (χ0n) is 10.3. The highest BCUT2D eigenvalue weighted by molar-refractivity contribution is 14.1. The first-order valence-electron chi connectivity index (χ1n) is 5.56. The van der Waals surface area contributed by atoms with Gasteiger partial charge in [0.2, 0.25) is 0 Å². The smallest absolute Gasteiger partial charge is 0.137 e. The molecule has 0 aliphatic carbocycles. The van der Waals surface area contributed by atoms with Crippen LogP contribution in [0.2, 0.25) is 10.0 Å². The molecule has 0 bridgehead atoms. The molecule has 0 fully saturated rings. The van der Waals surface area contributed by atoms with Crippen molar-refractivity contribution < 1.29 is 4.74 Å². The summed E-state index contributed by atoms with van der Waals surface area (Å²) in [5, 5.41) is 1.38. The summed E-state index contributed by atoms with van der Waals surface area (Å²) in [7, 11) is 1.64. The number of ether oxygens (including phenoxy) is 1. The van der Waals surface area contributed by atoms with Gasteiger partial charge in [0.05, 0.1) is 21.4 Å². The maximum absolute atomic E-state index is 6.19.